The minimum atomic E-state index is -0.166. The summed E-state index contributed by atoms with van der Waals surface area (Å²) in [6.07, 6.45) is 9.08. The van der Waals surface area contributed by atoms with Gasteiger partial charge in [0, 0.05) is 25.5 Å². The fourth-order valence-electron chi connectivity index (χ4n) is 3.13. The molecule has 4 aromatic rings. The third-order valence-corrected chi connectivity index (χ3v) is 4.71. The van der Waals surface area contributed by atoms with Gasteiger partial charge in [-0.05, 0) is 48.2 Å². The molecule has 0 saturated carbocycles. The number of urea groups is 1. The summed E-state index contributed by atoms with van der Waals surface area (Å²) in [6, 6.07) is 19.7. The van der Waals surface area contributed by atoms with Crippen LogP contribution in [0.15, 0.2) is 85.5 Å². The highest BCUT2D eigenvalue weighted by Crippen LogP contribution is 2.08. The van der Waals surface area contributed by atoms with Gasteiger partial charge in [-0.25, -0.2) is 14.2 Å². The summed E-state index contributed by atoms with van der Waals surface area (Å²) in [4.78, 5) is 12.0. The zero-order chi connectivity index (χ0) is 20.6. The summed E-state index contributed by atoms with van der Waals surface area (Å²) in [5, 5.41) is 14.5. The van der Waals surface area contributed by atoms with Gasteiger partial charge in [-0.2, -0.15) is 10.2 Å². The molecule has 30 heavy (non-hydrogen) atoms. The van der Waals surface area contributed by atoms with E-state index in [0.717, 1.165) is 35.3 Å². The Hall–Kier alpha value is -3.87. The van der Waals surface area contributed by atoms with Crippen molar-refractivity contribution in [2.45, 2.75) is 12.8 Å². The lowest BCUT2D eigenvalue weighted by molar-refractivity contribution is 0.241. The van der Waals surface area contributed by atoms with Crippen molar-refractivity contribution in [1.29, 1.82) is 0 Å². The zero-order valence-electron chi connectivity index (χ0n) is 16.6. The third-order valence-electron chi connectivity index (χ3n) is 4.71. The topological polar surface area (TPSA) is 76.8 Å². The maximum absolute atomic E-state index is 12.0. The van der Waals surface area contributed by atoms with E-state index in [1.807, 2.05) is 94.8 Å². The number of nitrogens with zero attached hydrogens (tertiary/aromatic N) is 4. The van der Waals surface area contributed by atoms with Crippen molar-refractivity contribution in [3.63, 3.8) is 0 Å². The van der Waals surface area contributed by atoms with Crippen LogP contribution in [0, 0.1) is 0 Å². The first-order chi connectivity index (χ1) is 14.8. The number of hydrogen-bond donors (Lipinski definition) is 2. The maximum atomic E-state index is 12.0. The Morgan fingerprint density at radius 1 is 0.700 bits per heavy atom. The molecule has 2 aromatic heterocycles. The number of rotatable bonds is 8. The van der Waals surface area contributed by atoms with Gasteiger partial charge in [-0.1, -0.05) is 36.4 Å². The van der Waals surface area contributed by atoms with Crippen molar-refractivity contribution in [2.24, 2.45) is 0 Å². The standard InChI is InChI=1S/C23H24N6O/c30-23(24-13-11-19-15-26-28(17-19)21-7-3-1-4-8-21)25-14-12-20-16-27-29(18-20)22-9-5-2-6-10-22/h1-10,15-18H,11-14H2,(H2,24,25,30). The van der Waals surface area contributed by atoms with E-state index in [2.05, 4.69) is 20.8 Å². The molecule has 0 aliphatic rings. The second-order valence-corrected chi connectivity index (χ2v) is 6.94. The van der Waals surface area contributed by atoms with Crippen LogP contribution in [0.3, 0.4) is 0 Å². The molecule has 0 aliphatic carbocycles. The highest BCUT2D eigenvalue weighted by molar-refractivity contribution is 5.73. The molecule has 2 aromatic carbocycles. The van der Waals surface area contributed by atoms with E-state index in [1.165, 1.54) is 0 Å². The third kappa shape index (κ3) is 5.14. The van der Waals surface area contributed by atoms with Crippen molar-refractivity contribution in [3.8, 4) is 11.4 Å². The largest absolute Gasteiger partial charge is 0.338 e. The summed E-state index contributed by atoms with van der Waals surface area (Å²) < 4.78 is 3.68. The fourth-order valence-corrected chi connectivity index (χ4v) is 3.13. The lowest BCUT2D eigenvalue weighted by Crippen LogP contribution is -2.37. The summed E-state index contributed by atoms with van der Waals surface area (Å²) in [5.74, 6) is 0. The molecule has 0 aliphatic heterocycles. The lowest BCUT2D eigenvalue weighted by atomic mass is 10.2. The second kappa shape index (κ2) is 9.56. The van der Waals surface area contributed by atoms with Gasteiger partial charge < -0.3 is 10.6 Å². The van der Waals surface area contributed by atoms with Gasteiger partial charge in [0.2, 0.25) is 0 Å². The predicted molar refractivity (Wildman–Crippen MR) is 116 cm³/mol. The van der Waals surface area contributed by atoms with E-state index < -0.39 is 0 Å². The van der Waals surface area contributed by atoms with E-state index >= 15 is 0 Å². The molecule has 0 bridgehead atoms. The molecular formula is C23H24N6O. The molecule has 152 valence electrons. The number of nitrogens with one attached hydrogen (secondary N) is 2. The fraction of sp³-hybridized carbons (Fsp3) is 0.174. The first-order valence-electron chi connectivity index (χ1n) is 9.97. The molecule has 0 atom stereocenters. The Bertz CT molecular complexity index is 986. The molecule has 4 rings (SSSR count). The van der Waals surface area contributed by atoms with Crippen LogP contribution >= 0.6 is 0 Å². The van der Waals surface area contributed by atoms with Gasteiger partial charge in [-0.15, -0.1) is 0 Å². The van der Waals surface area contributed by atoms with Crippen molar-refractivity contribution in [1.82, 2.24) is 30.2 Å². The highest BCUT2D eigenvalue weighted by atomic mass is 16.2. The Morgan fingerprint density at radius 3 is 1.57 bits per heavy atom. The van der Waals surface area contributed by atoms with Crippen LogP contribution in [-0.4, -0.2) is 38.7 Å². The van der Waals surface area contributed by atoms with Crippen molar-refractivity contribution >= 4 is 6.03 Å². The van der Waals surface area contributed by atoms with Crippen LogP contribution in [0.2, 0.25) is 0 Å². The van der Waals surface area contributed by atoms with Gasteiger partial charge >= 0.3 is 6.03 Å². The van der Waals surface area contributed by atoms with Crippen LogP contribution in [0.25, 0.3) is 11.4 Å². The Kier molecular flexibility index (Phi) is 6.19. The molecule has 7 heteroatoms. The van der Waals surface area contributed by atoms with Crippen LogP contribution < -0.4 is 10.6 Å². The monoisotopic (exact) mass is 400 g/mol. The maximum Gasteiger partial charge on any atom is 0.314 e. The van der Waals surface area contributed by atoms with Gasteiger partial charge in [0.15, 0.2) is 0 Å². The quantitative estimate of drug-likeness (QED) is 0.477. The molecule has 0 fully saturated rings. The normalized spacial score (nSPS) is 10.7. The number of para-hydroxylation sites is 2. The first-order valence-corrected chi connectivity index (χ1v) is 9.97. The summed E-state index contributed by atoms with van der Waals surface area (Å²) in [7, 11) is 0. The highest BCUT2D eigenvalue weighted by Gasteiger charge is 2.04. The lowest BCUT2D eigenvalue weighted by Gasteiger charge is -2.06. The minimum Gasteiger partial charge on any atom is -0.338 e. The minimum absolute atomic E-state index is 0.166. The average Bonchev–Trinajstić information content (AvgIpc) is 3.45. The van der Waals surface area contributed by atoms with Crippen molar-refractivity contribution in [2.75, 3.05) is 13.1 Å². The molecule has 7 nitrogen and oxygen atoms in total. The SMILES string of the molecule is O=C(NCCc1cnn(-c2ccccc2)c1)NCCc1cnn(-c2ccccc2)c1. The van der Waals surface area contributed by atoms with Crippen LogP contribution in [0.5, 0.6) is 0 Å². The molecule has 0 spiro atoms. The molecule has 0 saturated heterocycles. The van der Waals surface area contributed by atoms with Gasteiger partial charge in [0.1, 0.15) is 0 Å². The smallest absolute Gasteiger partial charge is 0.314 e. The second-order valence-electron chi connectivity index (χ2n) is 6.94. The predicted octanol–water partition coefficient (Wildman–Crippen LogP) is 3.14. The van der Waals surface area contributed by atoms with Gasteiger partial charge in [-0.3, -0.25) is 0 Å². The molecule has 2 N–H and O–H groups in total. The van der Waals surface area contributed by atoms with Crippen LogP contribution in [-0.2, 0) is 12.8 Å². The number of carbonyl (C=O) groups is 1. The summed E-state index contributed by atoms with van der Waals surface area (Å²) >= 11 is 0. The number of hydrogen-bond acceptors (Lipinski definition) is 3. The molecular weight excluding hydrogens is 376 g/mol. The zero-order valence-corrected chi connectivity index (χ0v) is 16.6. The molecule has 2 amide bonds. The van der Waals surface area contributed by atoms with E-state index in [1.54, 1.807) is 0 Å². The summed E-state index contributed by atoms with van der Waals surface area (Å²) in [5.41, 5.74) is 4.19. The van der Waals surface area contributed by atoms with Crippen molar-refractivity contribution < 1.29 is 4.79 Å². The molecule has 0 radical (unpaired) electrons. The van der Waals surface area contributed by atoms with Crippen LogP contribution in [0.1, 0.15) is 11.1 Å². The van der Waals surface area contributed by atoms with E-state index in [0.29, 0.717) is 13.1 Å². The van der Waals surface area contributed by atoms with E-state index in [-0.39, 0.29) is 6.03 Å². The molecule has 0 unspecified atom stereocenters. The van der Waals surface area contributed by atoms with Crippen LogP contribution in [0.4, 0.5) is 4.79 Å². The number of carbonyl (C=O) groups excluding carboxylic acids is 1. The Labute approximate surface area is 175 Å². The number of benzene rings is 2. The van der Waals surface area contributed by atoms with Crippen molar-refractivity contribution in [3.05, 3.63) is 96.6 Å². The van der Waals surface area contributed by atoms with Gasteiger partial charge in [0.05, 0.1) is 23.8 Å². The first kappa shape index (κ1) is 19.4. The number of aromatic nitrogens is 4. The summed E-state index contributed by atoms with van der Waals surface area (Å²) in [6.45, 7) is 1.11. The van der Waals surface area contributed by atoms with Gasteiger partial charge in [0.25, 0.3) is 0 Å². The van der Waals surface area contributed by atoms with E-state index in [4.69, 9.17) is 0 Å². The Morgan fingerprint density at radius 2 is 1.13 bits per heavy atom. The average molecular weight is 400 g/mol. The molecule has 2 heterocycles. The Balaban J connectivity index is 1.16. The van der Waals surface area contributed by atoms with E-state index in [9.17, 15) is 4.79 Å². The number of amides is 2.